The van der Waals surface area contributed by atoms with Crippen molar-refractivity contribution in [2.45, 2.75) is 76.5 Å². The average molecular weight is 378 g/mol. The lowest BCUT2D eigenvalue weighted by Crippen LogP contribution is -2.35. The maximum Gasteiger partial charge on any atom is 0.317 e. The summed E-state index contributed by atoms with van der Waals surface area (Å²) in [5.41, 5.74) is 0.591. The van der Waals surface area contributed by atoms with Crippen LogP contribution < -0.4 is 0 Å². The highest BCUT2D eigenvalue weighted by atomic mass is 31.0. The summed E-state index contributed by atoms with van der Waals surface area (Å²) in [5, 5.41) is 9.37. The van der Waals surface area contributed by atoms with Gasteiger partial charge in [-0.15, -0.1) is 0 Å². The number of ether oxygens (including phenoxy) is 1. The van der Waals surface area contributed by atoms with E-state index >= 15 is 0 Å². The number of carbonyl (C=O) groups is 2. The minimum Gasteiger partial charge on any atom is -0.508 e. The molecule has 0 aromatic heterocycles. The molecule has 0 heterocycles. The molecule has 1 fully saturated rings. The highest BCUT2D eigenvalue weighted by Gasteiger charge is 2.34. The molecular formula is C21H31O4P. The van der Waals surface area contributed by atoms with Crippen LogP contribution in [0, 0.1) is 5.92 Å². The van der Waals surface area contributed by atoms with E-state index in [-0.39, 0.29) is 18.0 Å². The van der Waals surface area contributed by atoms with E-state index in [1.165, 1.54) is 26.2 Å². The van der Waals surface area contributed by atoms with Crippen molar-refractivity contribution in [3.05, 3.63) is 29.8 Å². The van der Waals surface area contributed by atoms with Crippen LogP contribution >= 0.6 is 9.24 Å². The van der Waals surface area contributed by atoms with Gasteiger partial charge in [-0.1, -0.05) is 59.5 Å². The smallest absolute Gasteiger partial charge is 0.317 e. The predicted molar refractivity (Wildman–Crippen MR) is 106 cm³/mol. The molecule has 0 aliphatic heterocycles. The zero-order valence-electron chi connectivity index (χ0n) is 15.7. The molecule has 0 bridgehead atoms. The first-order valence-electron chi connectivity index (χ1n) is 9.70. The van der Waals surface area contributed by atoms with Crippen molar-refractivity contribution in [3.63, 3.8) is 0 Å². The second-order valence-corrected chi connectivity index (χ2v) is 8.51. The van der Waals surface area contributed by atoms with Gasteiger partial charge in [0, 0.05) is 0 Å². The van der Waals surface area contributed by atoms with Crippen molar-refractivity contribution in [1.29, 1.82) is 0 Å². The van der Waals surface area contributed by atoms with Gasteiger partial charge in [0.05, 0.1) is 0 Å². The quantitative estimate of drug-likeness (QED) is 0.455. The molecule has 1 aromatic carbocycles. The van der Waals surface area contributed by atoms with E-state index < -0.39 is 17.2 Å². The van der Waals surface area contributed by atoms with Gasteiger partial charge in [-0.05, 0) is 50.7 Å². The summed E-state index contributed by atoms with van der Waals surface area (Å²) >= 11 is 0. The van der Waals surface area contributed by atoms with E-state index in [4.69, 9.17) is 4.74 Å². The van der Waals surface area contributed by atoms with Crippen LogP contribution in [0.4, 0.5) is 0 Å². The molecule has 1 N–H and O–H groups in total. The molecule has 2 unspecified atom stereocenters. The van der Waals surface area contributed by atoms with Crippen LogP contribution in [0.3, 0.4) is 0 Å². The minimum absolute atomic E-state index is 0.103. The van der Waals surface area contributed by atoms with Crippen molar-refractivity contribution in [2.24, 2.45) is 5.92 Å². The largest absolute Gasteiger partial charge is 0.508 e. The van der Waals surface area contributed by atoms with E-state index in [9.17, 15) is 14.7 Å². The summed E-state index contributed by atoms with van der Waals surface area (Å²) in [6, 6.07) is 6.81. The third-order valence-electron chi connectivity index (χ3n) is 5.19. The molecule has 2 atom stereocenters. The Morgan fingerprint density at radius 2 is 1.62 bits per heavy atom. The summed E-state index contributed by atoms with van der Waals surface area (Å²) < 4.78 is 5.87. The van der Waals surface area contributed by atoms with Crippen LogP contribution in [0.1, 0.15) is 70.3 Å². The lowest BCUT2D eigenvalue weighted by molar-refractivity contribution is -0.159. The predicted octanol–water partition coefficient (Wildman–Crippen LogP) is 4.78. The number of aromatic hydroxyl groups is 1. The molecule has 5 heteroatoms. The Balaban J connectivity index is 2.07. The van der Waals surface area contributed by atoms with E-state index in [0.717, 1.165) is 38.5 Å². The first kappa shape index (κ1) is 20.9. The molecule has 4 nitrogen and oxygen atoms in total. The fraction of sp³-hybridized carbons (Fsp3) is 0.619. The number of phenolic OH excluding ortho intramolecular Hbond substituents is 1. The number of esters is 1. The van der Waals surface area contributed by atoms with E-state index in [1.807, 2.05) is 0 Å². The Morgan fingerprint density at radius 3 is 2.15 bits per heavy atom. The average Bonchev–Trinajstić information content (AvgIpc) is 2.59. The molecule has 1 aliphatic carbocycles. The van der Waals surface area contributed by atoms with Crippen molar-refractivity contribution >= 4 is 21.0 Å². The number of rotatable bonds is 5. The zero-order chi connectivity index (χ0) is 19.0. The fourth-order valence-electron chi connectivity index (χ4n) is 3.53. The summed E-state index contributed by atoms with van der Waals surface area (Å²) in [7, 11) is 2.74. The van der Waals surface area contributed by atoms with Gasteiger partial charge < -0.3 is 9.84 Å². The van der Waals surface area contributed by atoms with E-state index in [0.29, 0.717) is 5.56 Å². The number of hydrogen-bond donors (Lipinski definition) is 1. The topological polar surface area (TPSA) is 63.6 Å². The second kappa shape index (κ2) is 10.1. The van der Waals surface area contributed by atoms with Gasteiger partial charge in [-0.25, -0.2) is 0 Å². The van der Waals surface area contributed by atoms with Crippen LogP contribution in [0.25, 0.3) is 0 Å². The Labute approximate surface area is 158 Å². The maximum atomic E-state index is 12.8. The summed E-state index contributed by atoms with van der Waals surface area (Å²) in [5.74, 6) is -1.48. The van der Waals surface area contributed by atoms with Crippen LogP contribution in [-0.2, 0) is 20.7 Å². The van der Waals surface area contributed by atoms with Crippen LogP contribution in [-0.4, -0.2) is 22.2 Å². The highest BCUT2D eigenvalue weighted by Crippen LogP contribution is 2.35. The molecule has 0 amide bonds. The van der Waals surface area contributed by atoms with E-state index in [2.05, 4.69) is 9.24 Å². The number of ketones is 1. The van der Waals surface area contributed by atoms with Gasteiger partial charge in [0.15, 0.2) is 0 Å². The van der Waals surface area contributed by atoms with Gasteiger partial charge in [0.2, 0.25) is 0 Å². The van der Waals surface area contributed by atoms with Gasteiger partial charge in [-0.3, -0.25) is 9.59 Å². The Kier molecular flexibility index (Phi) is 8.09. The molecule has 0 saturated heterocycles. The third-order valence-corrected chi connectivity index (χ3v) is 5.89. The van der Waals surface area contributed by atoms with Crippen molar-refractivity contribution in [2.75, 3.05) is 0 Å². The monoisotopic (exact) mass is 378 g/mol. The first-order chi connectivity index (χ1) is 12.4. The molecular weight excluding hydrogens is 347 g/mol. The van der Waals surface area contributed by atoms with Gasteiger partial charge in [0.25, 0.3) is 0 Å². The van der Waals surface area contributed by atoms with Crippen molar-refractivity contribution in [3.8, 4) is 5.75 Å². The number of para-hydroxylation sites is 1. The molecule has 26 heavy (non-hydrogen) atoms. The van der Waals surface area contributed by atoms with Gasteiger partial charge in [0.1, 0.15) is 22.8 Å². The fourth-order valence-corrected chi connectivity index (χ4v) is 4.05. The minimum atomic E-state index is -0.879. The lowest BCUT2D eigenvalue weighted by Gasteiger charge is -2.32. The number of Topliss-reactive ketones (excluding diaryl/α,β-unsaturated/α-hetero) is 1. The molecule has 0 radical (unpaired) electrons. The van der Waals surface area contributed by atoms with Crippen molar-refractivity contribution < 1.29 is 19.4 Å². The number of phenols is 1. The standard InChI is InChI=1S/C21H31O4P/c1-16(22)18(15-17-11-7-8-12-19(17)23)20(24)25-21(26)13-9-5-3-2-4-6-10-14-21/h7-8,11-12,18,23H,2-6,9-10,13-15,26H2,1H3. The van der Waals surface area contributed by atoms with Crippen LogP contribution in [0.15, 0.2) is 24.3 Å². The lowest BCUT2D eigenvalue weighted by atomic mass is 9.94. The normalized spacial score (nSPS) is 19.3. The molecule has 1 aromatic rings. The van der Waals surface area contributed by atoms with Crippen LogP contribution in [0.5, 0.6) is 5.75 Å². The summed E-state index contributed by atoms with van der Waals surface area (Å²) in [6.45, 7) is 1.41. The third kappa shape index (κ3) is 6.39. The Bertz CT molecular complexity index is 604. The number of carbonyl (C=O) groups excluding carboxylic acids is 2. The first-order valence-corrected chi connectivity index (χ1v) is 10.3. The Morgan fingerprint density at radius 1 is 1.08 bits per heavy atom. The van der Waals surface area contributed by atoms with Gasteiger partial charge >= 0.3 is 5.97 Å². The van der Waals surface area contributed by atoms with Gasteiger partial charge in [-0.2, -0.15) is 0 Å². The highest BCUT2D eigenvalue weighted by molar-refractivity contribution is 7.18. The zero-order valence-corrected chi connectivity index (χ0v) is 16.9. The maximum absolute atomic E-state index is 12.8. The molecule has 144 valence electrons. The number of benzene rings is 1. The second-order valence-electron chi connectivity index (χ2n) is 7.46. The molecule has 1 saturated carbocycles. The SMILES string of the molecule is CC(=O)C(Cc1ccccc1O)C(=O)OC1(P)CCCCCCCCC1. The Hall–Kier alpha value is -1.41. The summed E-state index contributed by atoms with van der Waals surface area (Å²) in [4.78, 5) is 24.9. The van der Waals surface area contributed by atoms with Crippen molar-refractivity contribution in [1.82, 2.24) is 0 Å². The van der Waals surface area contributed by atoms with E-state index in [1.54, 1.807) is 24.3 Å². The van der Waals surface area contributed by atoms with Crippen LogP contribution in [0.2, 0.25) is 0 Å². The molecule has 2 rings (SSSR count). The molecule has 1 aliphatic rings. The summed E-state index contributed by atoms with van der Waals surface area (Å²) in [6.07, 6.45) is 9.91. The number of hydrogen-bond acceptors (Lipinski definition) is 4. The molecule has 0 spiro atoms.